The lowest BCUT2D eigenvalue weighted by Crippen LogP contribution is -2.17. The van der Waals surface area contributed by atoms with Gasteiger partial charge in [-0.05, 0) is 25.1 Å². The summed E-state index contributed by atoms with van der Waals surface area (Å²) in [4.78, 5) is 12.1. The van der Waals surface area contributed by atoms with Gasteiger partial charge < -0.3 is 11.2 Å². The molecule has 8 nitrogen and oxygen atoms in total. The van der Waals surface area contributed by atoms with Crippen molar-refractivity contribution in [3.8, 4) is 22.8 Å². The van der Waals surface area contributed by atoms with Gasteiger partial charge in [0.2, 0.25) is 16.9 Å². The number of carbonyl (C=O) groups is 1. The van der Waals surface area contributed by atoms with E-state index in [1.165, 1.54) is 16.8 Å². The van der Waals surface area contributed by atoms with Gasteiger partial charge >= 0.3 is 0 Å². The number of nitrogens with zero attached hydrogens (tertiary/aromatic N) is 4. The van der Waals surface area contributed by atoms with Crippen molar-refractivity contribution in [2.45, 2.75) is 12.1 Å². The predicted octanol–water partition coefficient (Wildman–Crippen LogP) is 3.23. The van der Waals surface area contributed by atoms with Crippen molar-refractivity contribution in [1.29, 1.82) is 0 Å². The molecule has 0 fully saturated rings. The number of amides is 1. The fourth-order valence-electron chi connectivity index (χ4n) is 2.75. The van der Waals surface area contributed by atoms with Crippen LogP contribution in [-0.2, 0) is 4.79 Å². The number of carbonyl (C=O) groups excluding carboxylic acids is 1. The Morgan fingerprint density at radius 2 is 1.97 bits per heavy atom. The molecule has 10 heteroatoms. The lowest BCUT2D eigenvalue weighted by atomic mass is 10.1. The number of nitrogens with one attached hydrogen (secondary N) is 2. The summed E-state index contributed by atoms with van der Waals surface area (Å²) in [6.45, 7) is 2.02. The zero-order chi connectivity index (χ0) is 21.1. The van der Waals surface area contributed by atoms with Gasteiger partial charge in [-0.25, -0.2) is 9.07 Å². The van der Waals surface area contributed by atoms with Gasteiger partial charge in [0.25, 0.3) is 0 Å². The van der Waals surface area contributed by atoms with E-state index >= 15 is 0 Å². The number of thioether (sulfide) groups is 1. The molecule has 0 spiro atoms. The Balaban J connectivity index is 1.43. The second-order valence-corrected chi connectivity index (χ2v) is 7.47. The van der Waals surface area contributed by atoms with Crippen LogP contribution in [0.1, 0.15) is 5.56 Å². The normalized spacial score (nSPS) is 10.9. The van der Waals surface area contributed by atoms with Crippen LogP contribution in [0.5, 0.6) is 0 Å². The topological polar surface area (TPSA) is 115 Å². The predicted molar refractivity (Wildman–Crippen MR) is 114 cm³/mol. The lowest BCUT2D eigenvalue weighted by Gasteiger charge is -2.06. The number of halogens is 1. The van der Waals surface area contributed by atoms with Gasteiger partial charge in [-0.1, -0.05) is 53.7 Å². The van der Waals surface area contributed by atoms with Crippen molar-refractivity contribution in [3.05, 3.63) is 66.0 Å². The molecule has 30 heavy (non-hydrogen) atoms. The minimum atomic E-state index is -0.497. The van der Waals surface area contributed by atoms with E-state index in [1.54, 1.807) is 12.1 Å². The van der Waals surface area contributed by atoms with Gasteiger partial charge in [-0.2, -0.15) is 5.10 Å². The highest BCUT2D eigenvalue weighted by atomic mass is 32.2. The zero-order valence-corrected chi connectivity index (χ0v) is 16.8. The third-order valence-electron chi connectivity index (χ3n) is 4.31. The maximum absolute atomic E-state index is 13.6. The van der Waals surface area contributed by atoms with Gasteiger partial charge in [0.15, 0.2) is 0 Å². The van der Waals surface area contributed by atoms with E-state index < -0.39 is 5.82 Å². The second-order valence-electron chi connectivity index (χ2n) is 6.53. The first-order valence-corrected chi connectivity index (χ1v) is 10.0. The van der Waals surface area contributed by atoms with E-state index in [1.807, 2.05) is 37.3 Å². The van der Waals surface area contributed by atoms with Gasteiger partial charge in [0, 0.05) is 5.56 Å². The minimum absolute atomic E-state index is 0.00125. The monoisotopic (exact) mass is 423 g/mol. The molecule has 1 amide bonds. The van der Waals surface area contributed by atoms with Crippen LogP contribution in [0.4, 0.5) is 10.1 Å². The summed E-state index contributed by atoms with van der Waals surface area (Å²) in [5, 5.41) is 18.2. The number of aromatic amines is 1. The van der Waals surface area contributed by atoms with Gasteiger partial charge in [0.1, 0.15) is 11.5 Å². The lowest BCUT2D eigenvalue weighted by molar-refractivity contribution is -0.113. The molecule has 152 valence electrons. The molecule has 0 saturated carbocycles. The standard InChI is InChI=1S/C20H18FN7OS/c1-12-6-8-13(9-7-12)16-10-17(25-24-16)19-26-27-20(28(19)22)30-11-18(29)23-15-5-3-2-4-14(15)21/h2-10H,11,22H2,1H3,(H,23,29)(H,24,25). The van der Waals surface area contributed by atoms with Crippen LogP contribution in [0, 0.1) is 12.7 Å². The van der Waals surface area contributed by atoms with Crippen LogP contribution in [0.15, 0.2) is 59.8 Å². The summed E-state index contributed by atoms with van der Waals surface area (Å²) in [7, 11) is 0. The third kappa shape index (κ3) is 4.18. The van der Waals surface area contributed by atoms with E-state index in [2.05, 4.69) is 25.7 Å². The largest absolute Gasteiger partial charge is 0.335 e. The molecule has 4 aromatic rings. The number of benzene rings is 2. The highest BCUT2D eigenvalue weighted by Gasteiger charge is 2.16. The Kier molecular flexibility index (Phi) is 5.48. The summed E-state index contributed by atoms with van der Waals surface area (Å²) in [6.07, 6.45) is 0. The summed E-state index contributed by atoms with van der Waals surface area (Å²) in [6, 6.07) is 15.8. The summed E-state index contributed by atoms with van der Waals surface area (Å²) in [5.74, 6) is 5.61. The average Bonchev–Trinajstić information content (AvgIpc) is 3.35. The quantitative estimate of drug-likeness (QED) is 0.324. The molecule has 0 unspecified atom stereocenters. The van der Waals surface area contributed by atoms with E-state index in [4.69, 9.17) is 5.84 Å². The number of hydrogen-bond acceptors (Lipinski definition) is 6. The minimum Gasteiger partial charge on any atom is -0.335 e. The van der Waals surface area contributed by atoms with Crippen molar-refractivity contribution in [1.82, 2.24) is 25.1 Å². The van der Waals surface area contributed by atoms with Crippen molar-refractivity contribution in [2.75, 3.05) is 16.9 Å². The maximum atomic E-state index is 13.6. The van der Waals surface area contributed by atoms with Crippen molar-refractivity contribution < 1.29 is 9.18 Å². The number of aryl methyl sites for hydroxylation is 1. The molecule has 0 aliphatic carbocycles. The number of para-hydroxylation sites is 1. The Bertz CT molecular complexity index is 1190. The molecule has 4 N–H and O–H groups in total. The Hall–Kier alpha value is -3.66. The molecule has 2 heterocycles. The molecule has 0 saturated heterocycles. The van der Waals surface area contributed by atoms with Crippen molar-refractivity contribution in [2.24, 2.45) is 0 Å². The molecule has 4 rings (SSSR count). The highest BCUT2D eigenvalue weighted by Crippen LogP contribution is 2.25. The molecule has 0 aliphatic rings. The fraction of sp³-hybridized carbons (Fsp3) is 0.100. The molecule has 0 atom stereocenters. The summed E-state index contributed by atoms with van der Waals surface area (Å²) >= 11 is 1.10. The molecule has 0 bridgehead atoms. The molecule has 0 aliphatic heterocycles. The molecular weight excluding hydrogens is 405 g/mol. The van der Waals surface area contributed by atoms with E-state index in [0.717, 1.165) is 28.6 Å². The zero-order valence-electron chi connectivity index (χ0n) is 16.0. The Morgan fingerprint density at radius 1 is 1.20 bits per heavy atom. The van der Waals surface area contributed by atoms with E-state index in [-0.39, 0.29) is 17.3 Å². The SMILES string of the molecule is Cc1ccc(-c2cc(-c3nnc(SCC(=O)Nc4ccccc4F)n3N)[nH]n2)cc1. The van der Waals surface area contributed by atoms with Crippen LogP contribution in [0.2, 0.25) is 0 Å². The second kappa shape index (κ2) is 8.37. The van der Waals surface area contributed by atoms with Gasteiger partial charge in [0.05, 0.1) is 17.1 Å². The number of nitrogens with two attached hydrogens (primary N) is 1. The van der Waals surface area contributed by atoms with Gasteiger partial charge in [-0.15, -0.1) is 10.2 Å². The third-order valence-corrected chi connectivity index (χ3v) is 5.25. The molecular formula is C20H18FN7OS. The number of aromatic nitrogens is 5. The van der Waals surface area contributed by atoms with Crippen LogP contribution >= 0.6 is 11.8 Å². The number of nitrogen functional groups attached to an aromatic ring is 1. The first-order chi connectivity index (χ1) is 14.5. The Labute approximate surface area is 175 Å². The van der Waals surface area contributed by atoms with Crippen LogP contribution in [0.3, 0.4) is 0 Å². The molecule has 0 radical (unpaired) electrons. The number of rotatable bonds is 6. The first kappa shape index (κ1) is 19.6. The summed E-state index contributed by atoms with van der Waals surface area (Å²) in [5.41, 5.74) is 3.61. The number of H-pyrrole nitrogens is 1. The van der Waals surface area contributed by atoms with E-state index in [0.29, 0.717) is 16.7 Å². The molecule has 2 aromatic heterocycles. The van der Waals surface area contributed by atoms with Crippen molar-refractivity contribution >= 4 is 23.4 Å². The van der Waals surface area contributed by atoms with Crippen LogP contribution in [0.25, 0.3) is 22.8 Å². The number of hydrogen-bond donors (Lipinski definition) is 3. The average molecular weight is 423 g/mol. The van der Waals surface area contributed by atoms with Gasteiger partial charge in [-0.3, -0.25) is 9.89 Å². The summed E-state index contributed by atoms with van der Waals surface area (Å²) < 4.78 is 14.9. The fourth-order valence-corrected chi connectivity index (χ4v) is 3.40. The first-order valence-electron chi connectivity index (χ1n) is 9.02. The smallest absolute Gasteiger partial charge is 0.234 e. The van der Waals surface area contributed by atoms with Crippen LogP contribution in [-0.4, -0.2) is 36.7 Å². The van der Waals surface area contributed by atoms with E-state index in [9.17, 15) is 9.18 Å². The maximum Gasteiger partial charge on any atom is 0.234 e. The van der Waals surface area contributed by atoms with Crippen LogP contribution < -0.4 is 11.2 Å². The van der Waals surface area contributed by atoms with Crippen molar-refractivity contribution in [3.63, 3.8) is 0 Å². The number of anilines is 1. The molecule has 2 aromatic carbocycles. The highest BCUT2D eigenvalue weighted by molar-refractivity contribution is 7.99. The Morgan fingerprint density at radius 3 is 2.73 bits per heavy atom.